The second-order valence-electron chi connectivity index (χ2n) is 8.62. The molecular weight excluding hydrogens is 506 g/mol. The summed E-state index contributed by atoms with van der Waals surface area (Å²) >= 11 is 6.27. The van der Waals surface area contributed by atoms with Gasteiger partial charge in [0.1, 0.15) is 23.0 Å². The normalized spacial score (nSPS) is 16.6. The van der Waals surface area contributed by atoms with Gasteiger partial charge in [-0.1, -0.05) is 54.1 Å². The summed E-state index contributed by atoms with van der Waals surface area (Å²) < 4.78 is 16.1. The summed E-state index contributed by atoms with van der Waals surface area (Å²) in [4.78, 5) is 28.6. The molecule has 1 unspecified atom stereocenters. The number of ether oxygens (including phenoxy) is 3. The Labute approximate surface area is 224 Å². The Morgan fingerprint density at radius 3 is 2.21 bits per heavy atom. The molecule has 1 amide bonds. The van der Waals surface area contributed by atoms with Gasteiger partial charge in [-0.15, -0.1) is 0 Å². The number of carbonyl (C=O) groups excluding carboxylic acids is 2. The van der Waals surface area contributed by atoms with E-state index in [0.717, 1.165) is 10.8 Å². The van der Waals surface area contributed by atoms with Gasteiger partial charge in [-0.3, -0.25) is 14.5 Å². The van der Waals surface area contributed by atoms with Crippen molar-refractivity contribution in [1.82, 2.24) is 0 Å². The van der Waals surface area contributed by atoms with Crippen LogP contribution >= 0.6 is 11.6 Å². The van der Waals surface area contributed by atoms with Crippen molar-refractivity contribution in [2.75, 3.05) is 26.2 Å². The lowest BCUT2D eigenvalue weighted by Gasteiger charge is -2.27. The highest BCUT2D eigenvalue weighted by atomic mass is 35.5. The summed E-state index contributed by atoms with van der Waals surface area (Å²) in [6.07, 6.45) is 0. The fourth-order valence-corrected chi connectivity index (χ4v) is 5.05. The van der Waals surface area contributed by atoms with Crippen molar-refractivity contribution in [2.24, 2.45) is 0 Å². The van der Waals surface area contributed by atoms with Crippen molar-refractivity contribution in [3.8, 4) is 17.2 Å². The largest absolute Gasteiger partial charge is 0.507 e. The SMILES string of the molecule is COc1ccc(N2C(=O)C(=O)/C(=C(/O)c3cc(OC)c(Cl)cc3OC)C2c2cccc3ccccc23)cc1. The number of carbonyl (C=O) groups is 2. The van der Waals surface area contributed by atoms with E-state index in [9.17, 15) is 14.7 Å². The highest BCUT2D eigenvalue weighted by molar-refractivity contribution is 6.52. The maximum atomic E-state index is 13.6. The summed E-state index contributed by atoms with van der Waals surface area (Å²) in [5, 5.41) is 13.7. The molecule has 1 N–H and O–H groups in total. The summed E-state index contributed by atoms with van der Waals surface area (Å²) in [6, 6.07) is 22.2. The summed E-state index contributed by atoms with van der Waals surface area (Å²) in [5.41, 5.74) is 1.25. The topological polar surface area (TPSA) is 85.3 Å². The molecule has 1 atom stereocenters. The van der Waals surface area contributed by atoms with E-state index in [2.05, 4.69) is 0 Å². The van der Waals surface area contributed by atoms with Crippen molar-refractivity contribution in [3.05, 3.63) is 101 Å². The van der Waals surface area contributed by atoms with Crippen molar-refractivity contribution < 1.29 is 28.9 Å². The minimum Gasteiger partial charge on any atom is -0.507 e. The third-order valence-electron chi connectivity index (χ3n) is 6.64. The van der Waals surface area contributed by atoms with Crippen LogP contribution in [0.5, 0.6) is 17.2 Å². The van der Waals surface area contributed by atoms with Crippen LogP contribution in [0.25, 0.3) is 16.5 Å². The molecule has 7 nitrogen and oxygen atoms in total. The zero-order valence-electron chi connectivity index (χ0n) is 20.9. The third kappa shape index (κ3) is 4.11. The van der Waals surface area contributed by atoms with Gasteiger partial charge in [0.2, 0.25) is 0 Å². The van der Waals surface area contributed by atoms with Crippen molar-refractivity contribution >= 4 is 45.5 Å². The van der Waals surface area contributed by atoms with Crippen LogP contribution in [0.3, 0.4) is 0 Å². The summed E-state index contributed by atoms with van der Waals surface area (Å²) in [7, 11) is 4.41. The fraction of sp³-hybridized carbons (Fsp3) is 0.133. The van der Waals surface area contributed by atoms with Gasteiger partial charge in [-0.05, 0) is 46.7 Å². The van der Waals surface area contributed by atoms with E-state index in [0.29, 0.717) is 17.0 Å². The Morgan fingerprint density at radius 2 is 1.53 bits per heavy atom. The van der Waals surface area contributed by atoms with Crippen LogP contribution < -0.4 is 19.1 Å². The zero-order valence-corrected chi connectivity index (χ0v) is 21.7. The fourth-order valence-electron chi connectivity index (χ4n) is 4.82. The molecule has 0 saturated carbocycles. The molecule has 8 heteroatoms. The van der Waals surface area contributed by atoms with Crippen LogP contribution in [0.15, 0.2) is 84.4 Å². The monoisotopic (exact) mass is 529 g/mol. The van der Waals surface area contributed by atoms with Gasteiger partial charge in [0, 0.05) is 11.8 Å². The van der Waals surface area contributed by atoms with E-state index in [1.54, 1.807) is 31.4 Å². The molecule has 0 bridgehead atoms. The minimum atomic E-state index is -0.930. The number of benzene rings is 4. The van der Waals surface area contributed by atoms with Gasteiger partial charge in [0.15, 0.2) is 0 Å². The second kappa shape index (κ2) is 10.1. The maximum Gasteiger partial charge on any atom is 0.300 e. The zero-order chi connectivity index (χ0) is 27.0. The number of fused-ring (bicyclic) bond motifs is 1. The minimum absolute atomic E-state index is 0.0788. The number of aliphatic hydroxyl groups is 1. The van der Waals surface area contributed by atoms with Gasteiger partial charge >= 0.3 is 0 Å². The molecule has 38 heavy (non-hydrogen) atoms. The molecule has 1 aliphatic heterocycles. The van der Waals surface area contributed by atoms with Gasteiger partial charge in [0.25, 0.3) is 11.7 Å². The molecule has 1 heterocycles. The Bertz CT molecular complexity index is 1590. The molecule has 4 aromatic carbocycles. The number of methoxy groups -OCH3 is 3. The Morgan fingerprint density at radius 1 is 0.842 bits per heavy atom. The number of anilines is 1. The molecule has 1 aliphatic rings. The maximum absolute atomic E-state index is 13.6. The van der Waals surface area contributed by atoms with E-state index in [1.165, 1.54) is 31.3 Å². The standard InChI is InChI=1S/C30H24ClNO6/c1-36-19-13-11-18(12-14-19)32-27(21-10-6-8-17-7-4-5-9-20(17)21)26(29(34)30(32)35)28(33)22-15-25(38-3)23(31)16-24(22)37-2/h4-16,27,33H,1-3H3/b28-26+. The number of amides is 1. The molecule has 0 aromatic heterocycles. The average Bonchev–Trinajstić information content (AvgIpc) is 3.21. The Hall–Kier alpha value is -4.49. The number of nitrogens with zero attached hydrogens (tertiary/aromatic N) is 1. The van der Waals surface area contributed by atoms with Crippen LogP contribution in [-0.2, 0) is 9.59 Å². The van der Waals surface area contributed by atoms with Crippen molar-refractivity contribution in [2.45, 2.75) is 6.04 Å². The molecule has 0 aliphatic carbocycles. The number of ketones is 1. The highest BCUT2D eigenvalue weighted by Crippen LogP contribution is 2.46. The van der Waals surface area contributed by atoms with Crippen LogP contribution in [0, 0.1) is 0 Å². The van der Waals surface area contributed by atoms with E-state index in [4.69, 9.17) is 25.8 Å². The number of halogens is 1. The molecule has 192 valence electrons. The van der Waals surface area contributed by atoms with Crippen LogP contribution in [0.1, 0.15) is 17.2 Å². The van der Waals surface area contributed by atoms with Crippen LogP contribution in [-0.4, -0.2) is 38.1 Å². The number of aliphatic hydroxyl groups excluding tert-OH is 1. The molecule has 0 spiro atoms. The number of Topliss-reactive ketones (excluding diaryl/α,β-unsaturated/α-hetero) is 1. The molecule has 0 radical (unpaired) electrons. The first-order chi connectivity index (χ1) is 18.4. The van der Waals surface area contributed by atoms with Gasteiger partial charge in [-0.25, -0.2) is 0 Å². The summed E-state index contributed by atoms with van der Waals surface area (Å²) in [6.45, 7) is 0. The molecule has 1 saturated heterocycles. The first-order valence-electron chi connectivity index (χ1n) is 11.7. The van der Waals surface area contributed by atoms with Crippen LogP contribution in [0.2, 0.25) is 5.02 Å². The third-order valence-corrected chi connectivity index (χ3v) is 6.94. The first kappa shape index (κ1) is 25.2. The number of rotatable bonds is 6. The van der Waals surface area contributed by atoms with Gasteiger partial charge < -0.3 is 19.3 Å². The Balaban J connectivity index is 1.82. The lowest BCUT2D eigenvalue weighted by molar-refractivity contribution is -0.132. The molecule has 5 rings (SSSR count). The number of hydrogen-bond donors (Lipinski definition) is 1. The second-order valence-corrected chi connectivity index (χ2v) is 9.03. The smallest absolute Gasteiger partial charge is 0.300 e. The van der Waals surface area contributed by atoms with E-state index in [-0.39, 0.29) is 27.7 Å². The van der Waals surface area contributed by atoms with Crippen LogP contribution in [0.4, 0.5) is 5.69 Å². The highest BCUT2D eigenvalue weighted by Gasteiger charge is 2.47. The van der Waals surface area contributed by atoms with Crippen molar-refractivity contribution in [3.63, 3.8) is 0 Å². The summed E-state index contributed by atoms with van der Waals surface area (Å²) in [5.74, 6) is -0.892. The molecular formula is C30H24ClNO6. The van der Waals surface area contributed by atoms with Crippen molar-refractivity contribution in [1.29, 1.82) is 0 Å². The van der Waals surface area contributed by atoms with Gasteiger partial charge in [0.05, 0.1) is 43.5 Å². The van der Waals surface area contributed by atoms with E-state index < -0.39 is 23.5 Å². The lowest BCUT2D eigenvalue weighted by Crippen LogP contribution is -2.29. The van der Waals surface area contributed by atoms with E-state index in [1.807, 2.05) is 42.5 Å². The number of hydrogen-bond acceptors (Lipinski definition) is 6. The molecule has 4 aromatic rings. The average molecular weight is 530 g/mol. The van der Waals surface area contributed by atoms with E-state index >= 15 is 0 Å². The Kier molecular flexibility index (Phi) is 6.70. The predicted molar refractivity (Wildman–Crippen MR) is 146 cm³/mol. The van der Waals surface area contributed by atoms with Gasteiger partial charge in [-0.2, -0.15) is 0 Å². The first-order valence-corrected chi connectivity index (χ1v) is 12.1. The quantitative estimate of drug-likeness (QED) is 0.183. The predicted octanol–water partition coefficient (Wildman–Crippen LogP) is 6.15. The molecule has 1 fully saturated rings. The lowest BCUT2D eigenvalue weighted by atomic mass is 9.91.